The third-order valence-electron chi connectivity index (χ3n) is 1.49. The maximum Gasteiger partial charge on any atom is 0.270 e. The predicted octanol–water partition coefficient (Wildman–Crippen LogP) is 1.71. The quantitative estimate of drug-likeness (QED) is 0.800. The Labute approximate surface area is 87.7 Å². The molecular weight excluding hydrogens is 198 g/mol. The van der Waals surface area contributed by atoms with Crippen LogP contribution in [0.2, 0.25) is 0 Å². The second-order valence-corrected chi connectivity index (χ2v) is 4.05. The molecule has 0 saturated carbocycles. The van der Waals surface area contributed by atoms with Crippen LogP contribution in [-0.2, 0) is 0 Å². The first-order valence-corrected chi connectivity index (χ1v) is 5.51. The van der Waals surface area contributed by atoms with Gasteiger partial charge in [0.15, 0.2) is 5.13 Å². The van der Waals surface area contributed by atoms with E-state index in [4.69, 9.17) is 0 Å². The van der Waals surface area contributed by atoms with Gasteiger partial charge in [-0.15, -0.1) is 11.3 Å². The second-order valence-electron chi connectivity index (χ2n) is 3.20. The van der Waals surface area contributed by atoms with E-state index in [0.717, 1.165) is 5.13 Å². The summed E-state index contributed by atoms with van der Waals surface area (Å²) in [7, 11) is 0. The molecular formula is C9H15N3OS. The SMILES string of the molecule is CCNC(=O)c1csc(NC(C)C)n1. The van der Waals surface area contributed by atoms with Gasteiger partial charge in [-0.2, -0.15) is 0 Å². The summed E-state index contributed by atoms with van der Waals surface area (Å²) in [4.78, 5) is 15.5. The van der Waals surface area contributed by atoms with E-state index in [9.17, 15) is 4.79 Å². The fourth-order valence-electron chi connectivity index (χ4n) is 0.942. The van der Waals surface area contributed by atoms with Crippen LogP contribution in [0.15, 0.2) is 5.38 Å². The molecule has 1 heterocycles. The van der Waals surface area contributed by atoms with Gasteiger partial charge in [0, 0.05) is 18.0 Å². The Morgan fingerprint density at radius 3 is 2.93 bits per heavy atom. The van der Waals surface area contributed by atoms with Crippen molar-refractivity contribution in [3.8, 4) is 0 Å². The van der Waals surface area contributed by atoms with Crippen LogP contribution in [0.5, 0.6) is 0 Å². The minimum atomic E-state index is -0.111. The van der Waals surface area contributed by atoms with Crippen molar-refractivity contribution in [1.29, 1.82) is 0 Å². The van der Waals surface area contributed by atoms with Gasteiger partial charge in [0.1, 0.15) is 5.69 Å². The first-order chi connectivity index (χ1) is 6.63. The maximum absolute atomic E-state index is 11.3. The number of rotatable bonds is 4. The molecule has 0 spiro atoms. The summed E-state index contributed by atoms with van der Waals surface area (Å²) < 4.78 is 0. The van der Waals surface area contributed by atoms with Crippen molar-refractivity contribution in [2.75, 3.05) is 11.9 Å². The zero-order valence-electron chi connectivity index (χ0n) is 8.63. The van der Waals surface area contributed by atoms with Crippen LogP contribution in [0, 0.1) is 0 Å². The lowest BCUT2D eigenvalue weighted by Crippen LogP contribution is -2.23. The highest BCUT2D eigenvalue weighted by Crippen LogP contribution is 2.15. The highest BCUT2D eigenvalue weighted by Gasteiger charge is 2.09. The maximum atomic E-state index is 11.3. The minimum Gasteiger partial charge on any atom is -0.359 e. The predicted molar refractivity (Wildman–Crippen MR) is 58.9 cm³/mol. The molecule has 0 fully saturated rings. The molecule has 0 aliphatic rings. The number of amides is 1. The van der Waals surface area contributed by atoms with Gasteiger partial charge in [-0.3, -0.25) is 4.79 Å². The topological polar surface area (TPSA) is 54.0 Å². The molecule has 0 aliphatic carbocycles. The number of aromatic nitrogens is 1. The van der Waals surface area contributed by atoms with Gasteiger partial charge in [-0.05, 0) is 20.8 Å². The molecule has 0 radical (unpaired) electrons. The molecule has 14 heavy (non-hydrogen) atoms. The Kier molecular flexibility index (Phi) is 3.88. The zero-order valence-corrected chi connectivity index (χ0v) is 9.44. The highest BCUT2D eigenvalue weighted by atomic mass is 32.1. The number of hydrogen-bond acceptors (Lipinski definition) is 4. The van der Waals surface area contributed by atoms with Crippen molar-refractivity contribution >= 4 is 22.4 Å². The van der Waals surface area contributed by atoms with Crippen molar-refractivity contribution in [1.82, 2.24) is 10.3 Å². The van der Waals surface area contributed by atoms with Gasteiger partial charge in [-0.1, -0.05) is 0 Å². The average molecular weight is 213 g/mol. The van der Waals surface area contributed by atoms with Crippen LogP contribution in [0.25, 0.3) is 0 Å². The van der Waals surface area contributed by atoms with E-state index in [0.29, 0.717) is 18.3 Å². The molecule has 0 atom stereocenters. The fraction of sp³-hybridized carbons (Fsp3) is 0.556. The lowest BCUT2D eigenvalue weighted by molar-refractivity contribution is 0.0951. The standard InChI is InChI=1S/C9H15N3OS/c1-4-10-8(13)7-5-14-9(12-7)11-6(2)3/h5-6H,4H2,1-3H3,(H,10,13)(H,11,12). The zero-order chi connectivity index (χ0) is 10.6. The Morgan fingerprint density at radius 1 is 1.64 bits per heavy atom. The van der Waals surface area contributed by atoms with Crippen LogP contribution >= 0.6 is 11.3 Å². The Hall–Kier alpha value is -1.10. The number of carbonyl (C=O) groups is 1. The summed E-state index contributed by atoms with van der Waals surface area (Å²) in [6.45, 7) is 6.58. The normalized spacial score (nSPS) is 10.3. The third-order valence-corrected chi connectivity index (χ3v) is 2.26. The number of anilines is 1. The molecule has 0 unspecified atom stereocenters. The number of nitrogens with one attached hydrogen (secondary N) is 2. The van der Waals surface area contributed by atoms with Crippen LogP contribution in [0.4, 0.5) is 5.13 Å². The molecule has 5 heteroatoms. The molecule has 4 nitrogen and oxygen atoms in total. The molecule has 1 aromatic heterocycles. The Balaban J connectivity index is 2.63. The number of nitrogens with zero attached hydrogens (tertiary/aromatic N) is 1. The number of hydrogen-bond donors (Lipinski definition) is 2. The van der Waals surface area contributed by atoms with E-state index < -0.39 is 0 Å². The van der Waals surface area contributed by atoms with Crippen molar-refractivity contribution in [2.24, 2.45) is 0 Å². The molecule has 0 aromatic carbocycles. The molecule has 1 amide bonds. The molecule has 1 rings (SSSR count). The summed E-state index contributed by atoms with van der Waals surface area (Å²) >= 11 is 1.45. The van der Waals surface area contributed by atoms with Crippen LogP contribution < -0.4 is 10.6 Å². The van der Waals surface area contributed by atoms with Gasteiger partial charge in [-0.25, -0.2) is 4.98 Å². The monoisotopic (exact) mass is 213 g/mol. The van der Waals surface area contributed by atoms with Gasteiger partial charge < -0.3 is 10.6 Å². The lowest BCUT2D eigenvalue weighted by atomic mass is 10.4. The fourth-order valence-corrected chi connectivity index (χ4v) is 1.78. The number of thiazole rings is 1. The largest absolute Gasteiger partial charge is 0.359 e. The summed E-state index contributed by atoms with van der Waals surface area (Å²) in [5.41, 5.74) is 0.486. The summed E-state index contributed by atoms with van der Waals surface area (Å²) in [6.07, 6.45) is 0. The van der Waals surface area contributed by atoms with Gasteiger partial charge in [0.2, 0.25) is 0 Å². The first kappa shape index (κ1) is 11.0. The number of carbonyl (C=O) groups excluding carboxylic acids is 1. The van der Waals surface area contributed by atoms with Crippen LogP contribution in [0.3, 0.4) is 0 Å². The molecule has 2 N–H and O–H groups in total. The summed E-state index contributed by atoms with van der Waals surface area (Å²) in [5.74, 6) is -0.111. The molecule has 0 aliphatic heterocycles. The van der Waals surface area contributed by atoms with Crippen molar-refractivity contribution < 1.29 is 4.79 Å². The van der Waals surface area contributed by atoms with Crippen LogP contribution in [-0.4, -0.2) is 23.5 Å². The second kappa shape index (κ2) is 4.95. The molecule has 78 valence electrons. The van der Waals surface area contributed by atoms with E-state index in [1.165, 1.54) is 11.3 Å². The van der Waals surface area contributed by atoms with Crippen molar-refractivity contribution in [2.45, 2.75) is 26.8 Å². The average Bonchev–Trinajstić information content (AvgIpc) is 2.52. The third kappa shape index (κ3) is 2.99. The Bertz CT molecular complexity index is 309. The lowest BCUT2D eigenvalue weighted by Gasteiger charge is -2.04. The van der Waals surface area contributed by atoms with E-state index in [-0.39, 0.29) is 5.91 Å². The van der Waals surface area contributed by atoms with Crippen molar-refractivity contribution in [3.63, 3.8) is 0 Å². The van der Waals surface area contributed by atoms with E-state index in [1.54, 1.807) is 5.38 Å². The minimum absolute atomic E-state index is 0.111. The van der Waals surface area contributed by atoms with E-state index >= 15 is 0 Å². The van der Waals surface area contributed by atoms with E-state index in [2.05, 4.69) is 15.6 Å². The summed E-state index contributed by atoms with van der Waals surface area (Å²) in [6, 6.07) is 0.336. The molecule has 1 aromatic rings. The van der Waals surface area contributed by atoms with E-state index in [1.807, 2.05) is 20.8 Å². The van der Waals surface area contributed by atoms with Gasteiger partial charge >= 0.3 is 0 Å². The molecule has 0 bridgehead atoms. The van der Waals surface area contributed by atoms with Crippen molar-refractivity contribution in [3.05, 3.63) is 11.1 Å². The van der Waals surface area contributed by atoms with Crippen LogP contribution in [0.1, 0.15) is 31.3 Å². The van der Waals surface area contributed by atoms with Gasteiger partial charge in [0.05, 0.1) is 0 Å². The molecule has 0 saturated heterocycles. The smallest absolute Gasteiger partial charge is 0.270 e. The first-order valence-electron chi connectivity index (χ1n) is 4.63. The highest BCUT2D eigenvalue weighted by molar-refractivity contribution is 7.13. The van der Waals surface area contributed by atoms with Gasteiger partial charge in [0.25, 0.3) is 5.91 Å². The summed E-state index contributed by atoms with van der Waals surface area (Å²) in [5, 5.41) is 8.41. The Morgan fingerprint density at radius 2 is 2.36 bits per heavy atom.